The van der Waals surface area contributed by atoms with Gasteiger partial charge in [-0.25, -0.2) is 0 Å². The number of thiophene rings is 1. The van der Waals surface area contributed by atoms with E-state index >= 15 is 0 Å². The first-order chi connectivity index (χ1) is 16.9. The Bertz CT molecular complexity index is 1230. The van der Waals surface area contributed by atoms with Gasteiger partial charge in [0.2, 0.25) is 0 Å². The van der Waals surface area contributed by atoms with Crippen LogP contribution < -0.4 is 5.32 Å². The molecule has 0 bridgehead atoms. The maximum Gasteiger partial charge on any atom is 0.271 e. The van der Waals surface area contributed by atoms with Crippen LogP contribution in [0.15, 0.2) is 60.0 Å². The highest BCUT2D eigenvalue weighted by atomic mass is 32.1. The third-order valence-electron chi connectivity index (χ3n) is 5.66. The zero-order valence-corrected chi connectivity index (χ0v) is 20.2. The van der Waals surface area contributed by atoms with Gasteiger partial charge in [-0.05, 0) is 65.7 Å². The molecule has 0 fully saturated rings. The minimum absolute atomic E-state index is 0.160. The van der Waals surface area contributed by atoms with Crippen LogP contribution in [0.25, 0.3) is 10.6 Å². The van der Waals surface area contributed by atoms with Crippen molar-refractivity contribution in [1.82, 2.24) is 20.4 Å². The van der Waals surface area contributed by atoms with Crippen LogP contribution in [0, 0.1) is 6.92 Å². The molecule has 0 unspecified atom stereocenters. The van der Waals surface area contributed by atoms with E-state index in [9.17, 15) is 20.1 Å². The van der Waals surface area contributed by atoms with Crippen molar-refractivity contribution in [2.24, 2.45) is 0 Å². The molecule has 5 N–H and O–H groups in total. The molecule has 4 aromatic rings. The first-order valence-electron chi connectivity index (χ1n) is 11.3. The highest BCUT2D eigenvalue weighted by molar-refractivity contribution is 7.13. The minimum atomic E-state index is -0.234. The molecule has 2 aromatic heterocycles. The number of aromatic amines is 1. The quantitative estimate of drug-likeness (QED) is 0.165. The number of aromatic nitrogens is 2. The highest BCUT2D eigenvalue weighted by Gasteiger charge is 2.13. The standard InChI is InChI=1S/C26H28N4O4S/c1-17-5-6-18(12-23(17)32)15-30(16-19-7-8-22(31)24(33)13-19)10-3-9-27-26(34)21-14-20(28-29-21)25-4-2-11-35-25/h2,4-8,11-14,31-33H,3,9-10,15-16H2,1H3,(H,27,34)(H,28,29). The number of phenols is 3. The molecular formula is C26H28N4O4S. The molecular weight excluding hydrogens is 464 g/mol. The Balaban J connectivity index is 1.35. The largest absolute Gasteiger partial charge is 0.508 e. The molecule has 182 valence electrons. The molecule has 0 saturated carbocycles. The molecule has 0 radical (unpaired) electrons. The predicted octanol–water partition coefficient (Wildman–Crippen LogP) is 4.39. The summed E-state index contributed by atoms with van der Waals surface area (Å²) in [5.41, 5.74) is 3.78. The van der Waals surface area contributed by atoms with Crippen molar-refractivity contribution in [3.8, 4) is 27.8 Å². The van der Waals surface area contributed by atoms with E-state index in [-0.39, 0.29) is 23.2 Å². The Morgan fingerprint density at radius 3 is 2.43 bits per heavy atom. The van der Waals surface area contributed by atoms with Crippen LogP contribution in [-0.4, -0.2) is 49.4 Å². The fourth-order valence-corrected chi connectivity index (χ4v) is 4.43. The second kappa shape index (κ2) is 11.1. The lowest BCUT2D eigenvalue weighted by Gasteiger charge is -2.23. The average Bonchev–Trinajstić information content (AvgIpc) is 3.53. The Morgan fingerprint density at radius 2 is 1.74 bits per heavy atom. The molecule has 9 heteroatoms. The van der Waals surface area contributed by atoms with Crippen molar-refractivity contribution in [1.29, 1.82) is 0 Å². The molecule has 0 aliphatic heterocycles. The van der Waals surface area contributed by atoms with Crippen LogP contribution in [0.2, 0.25) is 0 Å². The summed E-state index contributed by atoms with van der Waals surface area (Å²) in [5, 5.41) is 41.5. The van der Waals surface area contributed by atoms with E-state index in [4.69, 9.17) is 0 Å². The Hall–Kier alpha value is -3.82. The van der Waals surface area contributed by atoms with E-state index < -0.39 is 0 Å². The van der Waals surface area contributed by atoms with Crippen molar-refractivity contribution < 1.29 is 20.1 Å². The Kier molecular flexibility index (Phi) is 7.69. The second-order valence-corrected chi connectivity index (χ2v) is 9.36. The van der Waals surface area contributed by atoms with E-state index in [2.05, 4.69) is 20.4 Å². The fraction of sp³-hybridized carbons (Fsp3) is 0.231. The first kappa shape index (κ1) is 24.3. The van der Waals surface area contributed by atoms with Gasteiger partial charge >= 0.3 is 0 Å². The number of aryl methyl sites for hydroxylation is 1. The molecule has 8 nitrogen and oxygen atoms in total. The van der Waals surface area contributed by atoms with E-state index in [1.807, 2.05) is 36.6 Å². The van der Waals surface area contributed by atoms with Crippen molar-refractivity contribution in [2.75, 3.05) is 13.1 Å². The number of aromatic hydroxyl groups is 3. The van der Waals surface area contributed by atoms with Gasteiger partial charge in [-0.1, -0.05) is 24.3 Å². The van der Waals surface area contributed by atoms with Gasteiger partial charge in [-0.3, -0.25) is 14.8 Å². The van der Waals surface area contributed by atoms with Gasteiger partial charge in [0.05, 0.1) is 10.6 Å². The summed E-state index contributed by atoms with van der Waals surface area (Å²) < 4.78 is 0. The van der Waals surface area contributed by atoms with Crippen LogP contribution in [0.4, 0.5) is 0 Å². The normalized spacial score (nSPS) is 11.1. The number of carbonyl (C=O) groups is 1. The maximum absolute atomic E-state index is 12.5. The van der Waals surface area contributed by atoms with E-state index in [1.165, 1.54) is 6.07 Å². The Labute approximate surface area is 207 Å². The number of carbonyl (C=O) groups excluding carboxylic acids is 1. The average molecular weight is 493 g/mol. The smallest absolute Gasteiger partial charge is 0.271 e. The molecule has 0 aliphatic rings. The van der Waals surface area contributed by atoms with Gasteiger partial charge in [0.15, 0.2) is 17.2 Å². The minimum Gasteiger partial charge on any atom is -0.508 e. The maximum atomic E-state index is 12.5. The summed E-state index contributed by atoms with van der Waals surface area (Å²) in [6.07, 6.45) is 0.690. The van der Waals surface area contributed by atoms with Crippen LogP contribution >= 0.6 is 11.3 Å². The molecule has 0 spiro atoms. The number of amides is 1. The van der Waals surface area contributed by atoms with Gasteiger partial charge in [0.1, 0.15) is 5.75 Å². The molecule has 0 atom stereocenters. The number of benzene rings is 2. The van der Waals surface area contributed by atoms with Crippen molar-refractivity contribution in [2.45, 2.75) is 26.4 Å². The zero-order valence-electron chi connectivity index (χ0n) is 19.4. The summed E-state index contributed by atoms with van der Waals surface area (Å²) in [6.45, 7) is 4.09. The molecule has 35 heavy (non-hydrogen) atoms. The summed E-state index contributed by atoms with van der Waals surface area (Å²) in [4.78, 5) is 15.7. The number of phenolic OH excluding ortho intramolecular Hbond substituents is 3. The van der Waals surface area contributed by atoms with Gasteiger partial charge in [-0.2, -0.15) is 5.10 Å². The summed E-state index contributed by atoms with van der Waals surface area (Å²) >= 11 is 1.58. The van der Waals surface area contributed by atoms with Gasteiger partial charge in [-0.15, -0.1) is 11.3 Å². The SMILES string of the molecule is Cc1ccc(CN(CCCNC(=O)c2cc(-c3cccs3)[nH]n2)Cc2ccc(O)c(O)c2)cc1O. The van der Waals surface area contributed by atoms with Gasteiger partial charge in [0, 0.05) is 26.2 Å². The second-order valence-electron chi connectivity index (χ2n) is 8.41. The fourth-order valence-electron chi connectivity index (χ4n) is 3.74. The monoisotopic (exact) mass is 492 g/mol. The summed E-state index contributed by atoms with van der Waals surface area (Å²) in [6, 6.07) is 16.0. The van der Waals surface area contributed by atoms with Crippen molar-refractivity contribution in [3.05, 3.63) is 82.4 Å². The topological polar surface area (TPSA) is 122 Å². The molecule has 4 rings (SSSR count). The molecule has 0 aliphatic carbocycles. The summed E-state index contributed by atoms with van der Waals surface area (Å²) in [7, 11) is 0. The number of rotatable bonds is 10. The number of hydrogen-bond acceptors (Lipinski definition) is 7. The highest BCUT2D eigenvalue weighted by Crippen LogP contribution is 2.26. The summed E-state index contributed by atoms with van der Waals surface area (Å²) in [5.74, 6) is -0.309. The third kappa shape index (κ3) is 6.40. The molecule has 2 aromatic carbocycles. The first-order valence-corrected chi connectivity index (χ1v) is 12.2. The van der Waals surface area contributed by atoms with Crippen LogP contribution in [0.1, 0.15) is 33.6 Å². The van der Waals surface area contributed by atoms with Gasteiger partial charge in [0.25, 0.3) is 5.91 Å². The Morgan fingerprint density at radius 1 is 1.00 bits per heavy atom. The number of nitrogens with zero attached hydrogens (tertiary/aromatic N) is 2. The molecule has 0 saturated heterocycles. The number of H-pyrrole nitrogens is 1. The zero-order chi connectivity index (χ0) is 24.8. The van der Waals surface area contributed by atoms with Crippen LogP contribution in [0.5, 0.6) is 17.2 Å². The lowest BCUT2D eigenvalue weighted by atomic mass is 10.1. The van der Waals surface area contributed by atoms with Gasteiger partial charge < -0.3 is 20.6 Å². The van der Waals surface area contributed by atoms with Crippen LogP contribution in [0.3, 0.4) is 0 Å². The van der Waals surface area contributed by atoms with Crippen LogP contribution in [-0.2, 0) is 13.1 Å². The van der Waals surface area contributed by atoms with Crippen molar-refractivity contribution in [3.63, 3.8) is 0 Å². The molecule has 1 amide bonds. The van der Waals surface area contributed by atoms with E-state index in [0.717, 1.165) is 27.3 Å². The predicted molar refractivity (Wildman–Crippen MR) is 136 cm³/mol. The lowest BCUT2D eigenvalue weighted by Crippen LogP contribution is -2.30. The van der Waals surface area contributed by atoms with E-state index in [1.54, 1.807) is 35.6 Å². The van der Waals surface area contributed by atoms with E-state index in [0.29, 0.717) is 38.3 Å². The number of hydrogen-bond donors (Lipinski definition) is 5. The lowest BCUT2D eigenvalue weighted by molar-refractivity contribution is 0.0946. The third-order valence-corrected chi connectivity index (χ3v) is 6.56. The molecule has 2 heterocycles. The van der Waals surface area contributed by atoms with Crippen molar-refractivity contribution >= 4 is 17.2 Å². The number of nitrogens with one attached hydrogen (secondary N) is 2.